The maximum atomic E-state index is 4.03. The zero-order chi connectivity index (χ0) is 8.97. The van der Waals surface area contributed by atoms with Gasteiger partial charge in [0.2, 0.25) is 0 Å². The van der Waals surface area contributed by atoms with Crippen molar-refractivity contribution in [1.82, 2.24) is 0 Å². The SMILES string of the molecule is C=C(/C(C)=C/C)c1ccccc1. The molecule has 0 heteroatoms. The fourth-order valence-corrected chi connectivity index (χ4v) is 1.04. The summed E-state index contributed by atoms with van der Waals surface area (Å²) < 4.78 is 0. The van der Waals surface area contributed by atoms with Gasteiger partial charge in [0.1, 0.15) is 0 Å². The van der Waals surface area contributed by atoms with Crippen LogP contribution < -0.4 is 0 Å². The fourth-order valence-electron chi connectivity index (χ4n) is 1.04. The number of hydrogen-bond acceptors (Lipinski definition) is 0. The van der Waals surface area contributed by atoms with Gasteiger partial charge in [-0.25, -0.2) is 0 Å². The molecule has 0 N–H and O–H groups in total. The summed E-state index contributed by atoms with van der Waals surface area (Å²) >= 11 is 0. The standard InChI is InChI=1S/C12H14/c1-4-10(2)11(3)12-8-6-5-7-9-12/h4-9H,3H2,1-2H3/b10-4+. The van der Waals surface area contributed by atoms with Gasteiger partial charge in [-0.1, -0.05) is 43.0 Å². The quantitative estimate of drug-likeness (QED) is 0.576. The summed E-state index contributed by atoms with van der Waals surface area (Å²) in [5.41, 5.74) is 3.55. The maximum absolute atomic E-state index is 4.03. The van der Waals surface area contributed by atoms with E-state index in [2.05, 4.69) is 31.7 Å². The topological polar surface area (TPSA) is 0 Å². The highest BCUT2D eigenvalue weighted by Crippen LogP contribution is 2.19. The largest absolute Gasteiger partial charge is 0.0909 e. The van der Waals surface area contributed by atoms with E-state index in [4.69, 9.17) is 0 Å². The average Bonchev–Trinajstić information content (AvgIpc) is 2.17. The molecular weight excluding hydrogens is 144 g/mol. The molecule has 0 aromatic heterocycles. The molecule has 62 valence electrons. The van der Waals surface area contributed by atoms with Crippen LogP contribution >= 0.6 is 0 Å². The highest BCUT2D eigenvalue weighted by molar-refractivity contribution is 5.76. The third kappa shape index (κ3) is 1.85. The van der Waals surface area contributed by atoms with Crippen molar-refractivity contribution in [2.75, 3.05) is 0 Å². The second kappa shape index (κ2) is 3.91. The van der Waals surface area contributed by atoms with Crippen LogP contribution in [0.2, 0.25) is 0 Å². The molecule has 12 heavy (non-hydrogen) atoms. The molecule has 1 aromatic rings. The number of rotatable bonds is 2. The predicted molar refractivity (Wildman–Crippen MR) is 54.9 cm³/mol. The van der Waals surface area contributed by atoms with Crippen molar-refractivity contribution in [1.29, 1.82) is 0 Å². The van der Waals surface area contributed by atoms with Gasteiger partial charge in [-0.05, 0) is 30.6 Å². The first-order chi connectivity index (χ1) is 5.75. The van der Waals surface area contributed by atoms with Crippen molar-refractivity contribution in [3.8, 4) is 0 Å². The van der Waals surface area contributed by atoms with Crippen LogP contribution in [0.25, 0.3) is 5.57 Å². The molecule has 0 unspecified atom stereocenters. The van der Waals surface area contributed by atoms with E-state index in [-0.39, 0.29) is 0 Å². The van der Waals surface area contributed by atoms with Gasteiger partial charge in [-0.2, -0.15) is 0 Å². The minimum Gasteiger partial charge on any atom is -0.0909 e. The van der Waals surface area contributed by atoms with Gasteiger partial charge in [0.05, 0.1) is 0 Å². The number of hydrogen-bond donors (Lipinski definition) is 0. The second-order valence-electron chi connectivity index (χ2n) is 2.82. The van der Waals surface area contributed by atoms with E-state index in [0.717, 1.165) is 5.57 Å². The van der Waals surface area contributed by atoms with Crippen LogP contribution in [0.15, 0.2) is 48.6 Å². The normalized spacial score (nSPS) is 11.3. The second-order valence-corrected chi connectivity index (χ2v) is 2.82. The zero-order valence-electron chi connectivity index (χ0n) is 7.67. The maximum Gasteiger partial charge on any atom is -0.0187 e. The Balaban J connectivity index is 2.94. The molecule has 0 aliphatic heterocycles. The van der Waals surface area contributed by atoms with Gasteiger partial charge in [0.15, 0.2) is 0 Å². The summed E-state index contributed by atoms with van der Waals surface area (Å²) in [6.45, 7) is 8.14. The van der Waals surface area contributed by atoms with E-state index < -0.39 is 0 Å². The Labute approximate surface area is 74.2 Å². The Kier molecular flexibility index (Phi) is 2.87. The lowest BCUT2D eigenvalue weighted by atomic mass is 10.0. The summed E-state index contributed by atoms with van der Waals surface area (Å²) in [7, 11) is 0. The van der Waals surface area contributed by atoms with E-state index in [1.807, 2.05) is 25.1 Å². The molecule has 0 amide bonds. The van der Waals surface area contributed by atoms with Crippen LogP contribution in [0.3, 0.4) is 0 Å². The van der Waals surface area contributed by atoms with Crippen LogP contribution in [-0.2, 0) is 0 Å². The van der Waals surface area contributed by atoms with Gasteiger partial charge < -0.3 is 0 Å². The summed E-state index contributed by atoms with van der Waals surface area (Å²) in [6.07, 6.45) is 2.08. The molecule has 0 spiro atoms. The molecule has 0 aliphatic rings. The van der Waals surface area contributed by atoms with E-state index in [1.54, 1.807) is 0 Å². The first kappa shape index (κ1) is 8.79. The van der Waals surface area contributed by atoms with E-state index >= 15 is 0 Å². The number of benzene rings is 1. The van der Waals surface area contributed by atoms with Crippen molar-refractivity contribution >= 4 is 5.57 Å². The molecule has 0 aliphatic carbocycles. The average molecular weight is 158 g/mol. The van der Waals surface area contributed by atoms with Crippen molar-refractivity contribution in [2.24, 2.45) is 0 Å². The van der Waals surface area contributed by atoms with E-state index in [1.165, 1.54) is 11.1 Å². The molecule has 0 saturated carbocycles. The van der Waals surface area contributed by atoms with Gasteiger partial charge in [-0.15, -0.1) is 0 Å². The fraction of sp³-hybridized carbons (Fsp3) is 0.167. The van der Waals surface area contributed by atoms with Gasteiger partial charge in [-0.3, -0.25) is 0 Å². The zero-order valence-corrected chi connectivity index (χ0v) is 7.67. The van der Waals surface area contributed by atoms with Crippen molar-refractivity contribution in [2.45, 2.75) is 13.8 Å². The molecule has 0 radical (unpaired) electrons. The Morgan fingerprint density at radius 1 is 1.25 bits per heavy atom. The molecule has 0 nitrogen and oxygen atoms in total. The summed E-state index contributed by atoms with van der Waals surface area (Å²) in [5.74, 6) is 0. The summed E-state index contributed by atoms with van der Waals surface area (Å²) in [4.78, 5) is 0. The van der Waals surface area contributed by atoms with Gasteiger partial charge in [0, 0.05) is 0 Å². The Bertz CT molecular complexity index is 291. The van der Waals surface area contributed by atoms with Crippen LogP contribution in [0.4, 0.5) is 0 Å². The summed E-state index contributed by atoms with van der Waals surface area (Å²) in [6, 6.07) is 10.2. The molecule has 0 bridgehead atoms. The monoisotopic (exact) mass is 158 g/mol. The van der Waals surface area contributed by atoms with Crippen molar-refractivity contribution in [3.63, 3.8) is 0 Å². The molecule has 1 rings (SSSR count). The highest BCUT2D eigenvalue weighted by Gasteiger charge is 1.97. The first-order valence-electron chi connectivity index (χ1n) is 4.13. The van der Waals surface area contributed by atoms with Crippen LogP contribution in [0.5, 0.6) is 0 Å². The van der Waals surface area contributed by atoms with E-state index in [9.17, 15) is 0 Å². The summed E-state index contributed by atoms with van der Waals surface area (Å²) in [5, 5.41) is 0. The minimum absolute atomic E-state index is 1.11. The van der Waals surface area contributed by atoms with Crippen LogP contribution in [-0.4, -0.2) is 0 Å². The van der Waals surface area contributed by atoms with Crippen LogP contribution in [0, 0.1) is 0 Å². The molecule has 0 atom stereocenters. The number of allylic oxidation sites excluding steroid dienone is 3. The van der Waals surface area contributed by atoms with Crippen molar-refractivity contribution < 1.29 is 0 Å². The molecule has 0 heterocycles. The molecule has 0 fully saturated rings. The van der Waals surface area contributed by atoms with Gasteiger partial charge in [0.25, 0.3) is 0 Å². The Morgan fingerprint density at radius 2 is 1.83 bits per heavy atom. The third-order valence-corrected chi connectivity index (χ3v) is 2.03. The lowest BCUT2D eigenvalue weighted by Crippen LogP contribution is -1.82. The van der Waals surface area contributed by atoms with E-state index in [0.29, 0.717) is 0 Å². The van der Waals surface area contributed by atoms with Crippen LogP contribution in [0.1, 0.15) is 19.4 Å². The molecule has 0 saturated heterocycles. The Morgan fingerprint density at radius 3 is 2.33 bits per heavy atom. The lowest BCUT2D eigenvalue weighted by molar-refractivity contribution is 1.47. The first-order valence-corrected chi connectivity index (χ1v) is 4.13. The highest BCUT2D eigenvalue weighted by atomic mass is 14.0. The van der Waals surface area contributed by atoms with Gasteiger partial charge >= 0.3 is 0 Å². The lowest BCUT2D eigenvalue weighted by Gasteiger charge is -2.04. The predicted octanol–water partition coefficient (Wildman–Crippen LogP) is 3.67. The smallest absolute Gasteiger partial charge is 0.0187 e. The third-order valence-electron chi connectivity index (χ3n) is 2.03. The van der Waals surface area contributed by atoms with Crippen molar-refractivity contribution in [3.05, 3.63) is 54.1 Å². The molecule has 1 aromatic carbocycles. The minimum atomic E-state index is 1.11. The molecular formula is C12H14. The Hall–Kier alpha value is -1.30.